The van der Waals surface area contributed by atoms with E-state index in [9.17, 15) is 4.79 Å². The average molecular weight is 372 g/mol. The standard InChI is InChI=1S/C15H12N6O2S2/c22-14(10-3-7-24-9-10)16-4-5-21-8-11(18-20-21)15-17-13(19-23-15)12-2-1-6-25-12/h1-3,6-9H,4-5H2,(H,16,22). The van der Waals surface area contributed by atoms with Crippen molar-refractivity contribution in [1.82, 2.24) is 30.5 Å². The van der Waals surface area contributed by atoms with E-state index in [1.165, 1.54) is 22.7 Å². The lowest BCUT2D eigenvalue weighted by molar-refractivity contribution is 0.0952. The van der Waals surface area contributed by atoms with Crippen molar-refractivity contribution in [3.05, 3.63) is 46.1 Å². The molecule has 4 heterocycles. The highest BCUT2D eigenvalue weighted by Gasteiger charge is 2.14. The first-order valence-corrected chi connectivity index (χ1v) is 9.20. The largest absolute Gasteiger partial charge is 0.350 e. The highest BCUT2D eigenvalue weighted by atomic mass is 32.1. The molecule has 8 nitrogen and oxygen atoms in total. The van der Waals surface area contributed by atoms with Crippen LogP contribution >= 0.6 is 22.7 Å². The van der Waals surface area contributed by atoms with Crippen molar-refractivity contribution in [2.75, 3.05) is 6.54 Å². The van der Waals surface area contributed by atoms with E-state index < -0.39 is 0 Å². The van der Waals surface area contributed by atoms with Gasteiger partial charge in [0.15, 0.2) is 5.69 Å². The number of hydrogen-bond acceptors (Lipinski definition) is 8. The lowest BCUT2D eigenvalue weighted by Crippen LogP contribution is -2.27. The molecule has 4 aromatic rings. The molecule has 0 aromatic carbocycles. The Balaban J connectivity index is 1.37. The monoisotopic (exact) mass is 372 g/mol. The molecule has 1 amide bonds. The third-order valence-electron chi connectivity index (χ3n) is 3.34. The van der Waals surface area contributed by atoms with E-state index in [4.69, 9.17) is 4.52 Å². The van der Waals surface area contributed by atoms with Crippen LogP contribution in [-0.2, 0) is 6.54 Å². The minimum Gasteiger partial charge on any atom is -0.350 e. The quantitative estimate of drug-likeness (QED) is 0.558. The fraction of sp³-hybridized carbons (Fsp3) is 0.133. The van der Waals surface area contributed by atoms with E-state index >= 15 is 0 Å². The summed E-state index contributed by atoms with van der Waals surface area (Å²) in [5.41, 5.74) is 1.16. The van der Waals surface area contributed by atoms with E-state index in [-0.39, 0.29) is 5.91 Å². The van der Waals surface area contributed by atoms with Gasteiger partial charge in [0.25, 0.3) is 11.8 Å². The van der Waals surface area contributed by atoms with Crippen LogP contribution in [0.2, 0.25) is 0 Å². The highest BCUT2D eigenvalue weighted by molar-refractivity contribution is 7.13. The fourth-order valence-electron chi connectivity index (χ4n) is 2.12. The van der Waals surface area contributed by atoms with Crippen molar-refractivity contribution in [2.45, 2.75) is 6.54 Å². The molecule has 0 aliphatic rings. The lowest BCUT2D eigenvalue weighted by atomic mass is 10.3. The zero-order valence-electron chi connectivity index (χ0n) is 12.8. The lowest BCUT2D eigenvalue weighted by Gasteiger charge is -2.02. The summed E-state index contributed by atoms with van der Waals surface area (Å²) in [5, 5.41) is 20.5. The van der Waals surface area contributed by atoms with E-state index in [2.05, 4.69) is 25.8 Å². The van der Waals surface area contributed by atoms with E-state index in [0.717, 1.165) is 4.88 Å². The van der Waals surface area contributed by atoms with Crippen LogP contribution in [0.15, 0.2) is 45.1 Å². The number of hydrogen-bond donors (Lipinski definition) is 1. The number of aromatic nitrogens is 5. The van der Waals surface area contributed by atoms with Crippen molar-refractivity contribution in [3.8, 4) is 22.3 Å². The summed E-state index contributed by atoms with van der Waals surface area (Å²) in [6.07, 6.45) is 1.71. The smallest absolute Gasteiger partial charge is 0.280 e. The minimum atomic E-state index is -0.0981. The molecule has 0 aliphatic heterocycles. The number of rotatable bonds is 6. The second-order valence-corrected chi connectivity index (χ2v) is 6.76. The zero-order valence-corrected chi connectivity index (χ0v) is 14.5. The molecule has 4 rings (SSSR count). The molecule has 0 aliphatic carbocycles. The molecular formula is C15H12N6O2S2. The molecule has 0 unspecified atom stereocenters. The Morgan fingerprint density at radius 3 is 3.08 bits per heavy atom. The van der Waals surface area contributed by atoms with Gasteiger partial charge in [-0.25, -0.2) is 4.68 Å². The third kappa shape index (κ3) is 3.49. The maximum Gasteiger partial charge on any atom is 0.280 e. The fourth-order valence-corrected chi connectivity index (χ4v) is 3.40. The van der Waals surface area contributed by atoms with Gasteiger partial charge >= 0.3 is 0 Å². The summed E-state index contributed by atoms with van der Waals surface area (Å²) in [4.78, 5) is 17.1. The summed E-state index contributed by atoms with van der Waals surface area (Å²) >= 11 is 3.03. The summed E-state index contributed by atoms with van der Waals surface area (Å²) < 4.78 is 6.86. The van der Waals surface area contributed by atoms with Crippen LogP contribution in [0.3, 0.4) is 0 Å². The second-order valence-electron chi connectivity index (χ2n) is 5.04. The van der Waals surface area contributed by atoms with E-state index in [1.54, 1.807) is 16.9 Å². The number of nitrogens with one attached hydrogen (secondary N) is 1. The average Bonchev–Trinajstić information content (AvgIpc) is 3.42. The van der Waals surface area contributed by atoms with E-state index in [0.29, 0.717) is 36.1 Å². The molecule has 0 fully saturated rings. The maximum absolute atomic E-state index is 11.9. The number of thiophene rings is 2. The van der Waals surface area contributed by atoms with Gasteiger partial charge in [-0.1, -0.05) is 16.4 Å². The van der Waals surface area contributed by atoms with Gasteiger partial charge in [-0.3, -0.25) is 4.79 Å². The molecule has 1 N–H and O–H groups in total. The number of nitrogens with zero attached hydrogens (tertiary/aromatic N) is 5. The topological polar surface area (TPSA) is 98.7 Å². The summed E-state index contributed by atoms with van der Waals surface area (Å²) in [6, 6.07) is 5.64. The Hall–Kier alpha value is -2.85. The van der Waals surface area contributed by atoms with Crippen LogP contribution in [0.25, 0.3) is 22.3 Å². The van der Waals surface area contributed by atoms with Crippen LogP contribution in [-0.4, -0.2) is 37.6 Å². The zero-order chi connectivity index (χ0) is 17.1. The molecule has 0 saturated heterocycles. The highest BCUT2D eigenvalue weighted by Crippen LogP contribution is 2.24. The molecule has 0 bridgehead atoms. The molecule has 0 saturated carbocycles. The van der Waals surface area contributed by atoms with Crippen LogP contribution in [0.5, 0.6) is 0 Å². The molecule has 4 aromatic heterocycles. The number of carbonyl (C=O) groups is 1. The van der Waals surface area contributed by atoms with Crippen molar-refractivity contribution >= 4 is 28.6 Å². The van der Waals surface area contributed by atoms with Gasteiger partial charge in [-0.15, -0.1) is 16.4 Å². The van der Waals surface area contributed by atoms with Gasteiger partial charge in [-0.2, -0.15) is 16.3 Å². The molecule has 126 valence electrons. The first-order chi connectivity index (χ1) is 12.3. The van der Waals surface area contributed by atoms with Crippen molar-refractivity contribution < 1.29 is 9.32 Å². The number of carbonyl (C=O) groups excluding carboxylic acids is 1. The predicted molar refractivity (Wildman–Crippen MR) is 93.3 cm³/mol. The molecule has 10 heteroatoms. The first-order valence-electron chi connectivity index (χ1n) is 7.38. The summed E-state index contributed by atoms with van der Waals surface area (Å²) in [7, 11) is 0. The van der Waals surface area contributed by atoms with Gasteiger partial charge in [0.1, 0.15) is 0 Å². The summed E-state index contributed by atoms with van der Waals surface area (Å²) in [5.74, 6) is 0.749. The Morgan fingerprint density at radius 1 is 1.32 bits per heavy atom. The van der Waals surface area contributed by atoms with Crippen molar-refractivity contribution in [3.63, 3.8) is 0 Å². The first kappa shape index (κ1) is 15.7. The molecular weight excluding hydrogens is 360 g/mol. The van der Waals surface area contributed by atoms with Gasteiger partial charge in [0.2, 0.25) is 5.82 Å². The van der Waals surface area contributed by atoms with Crippen LogP contribution in [0, 0.1) is 0 Å². The third-order valence-corrected chi connectivity index (χ3v) is 4.88. The molecule has 0 spiro atoms. The Morgan fingerprint density at radius 2 is 2.28 bits per heavy atom. The van der Waals surface area contributed by atoms with Crippen molar-refractivity contribution in [1.29, 1.82) is 0 Å². The van der Waals surface area contributed by atoms with Gasteiger partial charge in [-0.05, 0) is 22.9 Å². The maximum atomic E-state index is 11.9. The van der Waals surface area contributed by atoms with Crippen molar-refractivity contribution in [2.24, 2.45) is 0 Å². The number of amides is 1. The normalized spacial score (nSPS) is 10.9. The Labute approximate surface area is 150 Å². The Bertz CT molecular complexity index is 958. The SMILES string of the molecule is O=C(NCCn1cc(-c2nc(-c3cccs3)no2)nn1)c1ccsc1. The van der Waals surface area contributed by atoms with E-state index in [1.807, 2.05) is 28.3 Å². The second kappa shape index (κ2) is 6.95. The van der Waals surface area contributed by atoms with Crippen LogP contribution in [0.1, 0.15) is 10.4 Å². The summed E-state index contributed by atoms with van der Waals surface area (Å²) in [6.45, 7) is 0.941. The minimum absolute atomic E-state index is 0.0981. The molecule has 0 radical (unpaired) electrons. The van der Waals surface area contributed by atoms with Gasteiger partial charge in [0, 0.05) is 17.5 Å². The molecule has 25 heavy (non-hydrogen) atoms. The van der Waals surface area contributed by atoms with Gasteiger partial charge < -0.3 is 9.84 Å². The predicted octanol–water partition coefficient (Wildman–Crippen LogP) is 2.55. The van der Waals surface area contributed by atoms with Gasteiger partial charge in [0.05, 0.1) is 17.6 Å². The Kier molecular flexibility index (Phi) is 4.36. The molecule has 0 atom stereocenters. The van der Waals surface area contributed by atoms with Crippen LogP contribution < -0.4 is 5.32 Å². The van der Waals surface area contributed by atoms with Crippen LogP contribution in [0.4, 0.5) is 0 Å².